The molecule has 1 N–H and O–H groups in total. The number of benzene rings is 2. The van der Waals surface area contributed by atoms with Crippen LogP contribution < -0.4 is 0 Å². The fourth-order valence-electron chi connectivity index (χ4n) is 3.19. The van der Waals surface area contributed by atoms with Gasteiger partial charge in [0, 0.05) is 16.5 Å². The molecule has 5 nitrogen and oxygen atoms in total. The second-order valence-corrected chi connectivity index (χ2v) is 7.09. The second kappa shape index (κ2) is 5.26. The molecule has 5 rings (SSSR count). The summed E-state index contributed by atoms with van der Waals surface area (Å²) in [7, 11) is 0. The molecule has 0 unspecified atom stereocenters. The molecule has 0 saturated heterocycles. The van der Waals surface area contributed by atoms with Crippen molar-refractivity contribution in [3.63, 3.8) is 0 Å². The van der Waals surface area contributed by atoms with Gasteiger partial charge in [-0.15, -0.1) is 10.2 Å². The van der Waals surface area contributed by atoms with Crippen LogP contribution in [0.2, 0.25) is 0 Å². The van der Waals surface area contributed by atoms with Crippen LogP contribution in [0.15, 0.2) is 48.5 Å². The zero-order valence-electron chi connectivity index (χ0n) is 13.8. The molecule has 0 aliphatic heterocycles. The standard InChI is InChI=1S/C19H15N5S/c1-11-8-9-15-14(10-11)16(13-6-4-3-5-7-13)17(20-15)18-23-24-12(2)21-22-19(24)25-18/h3-10,20H,1-2H3. The lowest BCUT2D eigenvalue weighted by Gasteiger charge is -2.03. The van der Waals surface area contributed by atoms with E-state index < -0.39 is 0 Å². The summed E-state index contributed by atoms with van der Waals surface area (Å²) >= 11 is 1.55. The first-order chi connectivity index (χ1) is 12.2. The van der Waals surface area contributed by atoms with Gasteiger partial charge in [-0.1, -0.05) is 53.3 Å². The van der Waals surface area contributed by atoms with Gasteiger partial charge in [0.05, 0.1) is 5.69 Å². The van der Waals surface area contributed by atoms with Crippen molar-refractivity contribution in [1.29, 1.82) is 0 Å². The Labute approximate surface area is 148 Å². The predicted octanol–water partition coefficient (Wildman–Crippen LogP) is 4.62. The zero-order chi connectivity index (χ0) is 17.0. The lowest BCUT2D eigenvalue weighted by atomic mass is 10.0. The van der Waals surface area contributed by atoms with E-state index in [1.165, 1.54) is 22.1 Å². The maximum Gasteiger partial charge on any atom is 0.235 e. The number of H-pyrrole nitrogens is 1. The lowest BCUT2D eigenvalue weighted by Crippen LogP contribution is -1.89. The van der Waals surface area contributed by atoms with Gasteiger partial charge in [0.25, 0.3) is 0 Å². The van der Waals surface area contributed by atoms with Crippen molar-refractivity contribution in [2.75, 3.05) is 0 Å². The molecule has 25 heavy (non-hydrogen) atoms. The largest absolute Gasteiger partial charge is 0.352 e. The summed E-state index contributed by atoms with van der Waals surface area (Å²) in [5.41, 5.74) is 5.74. The summed E-state index contributed by atoms with van der Waals surface area (Å²) in [5.74, 6) is 0.797. The maximum atomic E-state index is 4.73. The molecule has 0 spiro atoms. The van der Waals surface area contributed by atoms with Crippen molar-refractivity contribution in [3.8, 4) is 21.8 Å². The van der Waals surface area contributed by atoms with Gasteiger partial charge in [-0.05, 0) is 31.5 Å². The topological polar surface area (TPSA) is 58.9 Å². The summed E-state index contributed by atoms with van der Waals surface area (Å²) in [6.07, 6.45) is 0. The van der Waals surface area contributed by atoms with Gasteiger partial charge >= 0.3 is 0 Å². The number of hydrogen-bond donors (Lipinski definition) is 1. The first-order valence-corrected chi connectivity index (χ1v) is 8.89. The van der Waals surface area contributed by atoms with E-state index in [9.17, 15) is 0 Å². The first-order valence-electron chi connectivity index (χ1n) is 8.07. The molecule has 0 aliphatic carbocycles. The molecule has 122 valence electrons. The summed E-state index contributed by atoms with van der Waals surface area (Å²) in [6, 6.07) is 16.9. The Kier molecular flexibility index (Phi) is 3.02. The third-order valence-corrected chi connectivity index (χ3v) is 5.29. The number of aromatic amines is 1. The minimum Gasteiger partial charge on any atom is -0.352 e. The van der Waals surface area contributed by atoms with Gasteiger partial charge in [0.2, 0.25) is 4.96 Å². The van der Waals surface area contributed by atoms with E-state index in [4.69, 9.17) is 5.10 Å². The van der Waals surface area contributed by atoms with E-state index in [0.717, 1.165) is 27.0 Å². The molecule has 3 aromatic heterocycles. The smallest absolute Gasteiger partial charge is 0.235 e. The molecular weight excluding hydrogens is 330 g/mol. The monoisotopic (exact) mass is 345 g/mol. The Morgan fingerprint density at radius 2 is 1.84 bits per heavy atom. The fraction of sp³-hybridized carbons (Fsp3) is 0.105. The lowest BCUT2D eigenvalue weighted by molar-refractivity contribution is 0.896. The fourth-order valence-corrected chi connectivity index (χ4v) is 4.08. The van der Waals surface area contributed by atoms with E-state index >= 15 is 0 Å². The molecule has 0 atom stereocenters. The molecule has 5 aromatic rings. The molecule has 0 bridgehead atoms. The van der Waals surface area contributed by atoms with Crippen LogP contribution in [0.1, 0.15) is 11.4 Å². The Bertz CT molecular complexity index is 1210. The quantitative estimate of drug-likeness (QED) is 0.508. The molecule has 6 heteroatoms. The first kappa shape index (κ1) is 14.4. The van der Waals surface area contributed by atoms with E-state index in [-0.39, 0.29) is 0 Å². The molecule has 0 saturated carbocycles. The summed E-state index contributed by atoms with van der Waals surface area (Å²) in [5, 5.41) is 15.1. The number of rotatable bonds is 2. The zero-order valence-corrected chi connectivity index (χ0v) is 14.6. The Hall–Kier alpha value is -2.99. The molecule has 3 heterocycles. The summed E-state index contributed by atoms with van der Waals surface area (Å²) < 4.78 is 1.80. The number of aryl methyl sites for hydroxylation is 2. The number of hydrogen-bond acceptors (Lipinski definition) is 4. The van der Waals surface area contributed by atoms with Crippen LogP contribution in [0.4, 0.5) is 0 Å². The molecule has 0 aliphatic rings. The molecule has 2 aromatic carbocycles. The molecule has 0 amide bonds. The van der Waals surface area contributed by atoms with E-state index in [1.807, 2.05) is 13.0 Å². The Balaban J connectivity index is 1.85. The highest BCUT2D eigenvalue weighted by atomic mass is 32.1. The number of aromatic nitrogens is 5. The van der Waals surface area contributed by atoms with Crippen LogP contribution in [0, 0.1) is 13.8 Å². The second-order valence-electron chi connectivity index (χ2n) is 6.14. The third kappa shape index (κ3) is 2.18. The summed E-state index contributed by atoms with van der Waals surface area (Å²) in [4.78, 5) is 4.37. The van der Waals surface area contributed by atoms with Gasteiger partial charge in [-0.2, -0.15) is 9.61 Å². The van der Waals surface area contributed by atoms with Crippen LogP contribution in [0.25, 0.3) is 37.7 Å². The highest BCUT2D eigenvalue weighted by Crippen LogP contribution is 2.39. The van der Waals surface area contributed by atoms with Gasteiger partial charge in [-0.25, -0.2) is 0 Å². The SMILES string of the molecule is Cc1ccc2[nH]c(-c3nn4c(C)nnc4s3)c(-c3ccccc3)c2c1. The van der Waals surface area contributed by atoms with Crippen molar-refractivity contribution < 1.29 is 0 Å². The average molecular weight is 345 g/mol. The highest BCUT2D eigenvalue weighted by Gasteiger charge is 2.19. The van der Waals surface area contributed by atoms with Crippen molar-refractivity contribution in [3.05, 3.63) is 59.9 Å². The average Bonchev–Trinajstić information content (AvgIpc) is 3.29. The van der Waals surface area contributed by atoms with Crippen molar-refractivity contribution in [2.45, 2.75) is 13.8 Å². The molecular formula is C19H15N5S. The Morgan fingerprint density at radius 3 is 2.64 bits per heavy atom. The third-order valence-electron chi connectivity index (χ3n) is 4.38. The van der Waals surface area contributed by atoms with Crippen molar-refractivity contribution >= 4 is 27.2 Å². The number of nitrogens with one attached hydrogen (secondary N) is 1. The van der Waals surface area contributed by atoms with Crippen LogP contribution in [0.3, 0.4) is 0 Å². The minimum atomic E-state index is 0.797. The van der Waals surface area contributed by atoms with Crippen LogP contribution in [0.5, 0.6) is 0 Å². The van der Waals surface area contributed by atoms with Crippen molar-refractivity contribution in [2.24, 2.45) is 0 Å². The van der Waals surface area contributed by atoms with E-state index in [1.54, 1.807) is 15.9 Å². The van der Waals surface area contributed by atoms with Crippen molar-refractivity contribution in [1.82, 2.24) is 24.8 Å². The minimum absolute atomic E-state index is 0.797. The van der Waals surface area contributed by atoms with Crippen LogP contribution >= 0.6 is 11.3 Å². The number of nitrogens with zero attached hydrogens (tertiary/aromatic N) is 4. The van der Waals surface area contributed by atoms with Crippen LogP contribution in [-0.2, 0) is 0 Å². The number of fused-ring (bicyclic) bond motifs is 2. The highest BCUT2D eigenvalue weighted by molar-refractivity contribution is 7.19. The predicted molar refractivity (Wildman–Crippen MR) is 101 cm³/mol. The maximum absolute atomic E-state index is 4.73. The Morgan fingerprint density at radius 1 is 1.00 bits per heavy atom. The van der Waals surface area contributed by atoms with Gasteiger partial charge in [0.1, 0.15) is 0 Å². The summed E-state index contributed by atoms with van der Waals surface area (Å²) in [6.45, 7) is 4.03. The van der Waals surface area contributed by atoms with Gasteiger partial charge in [0.15, 0.2) is 10.8 Å². The molecule has 0 radical (unpaired) electrons. The van der Waals surface area contributed by atoms with Crippen LogP contribution in [-0.4, -0.2) is 24.8 Å². The van der Waals surface area contributed by atoms with E-state index in [0.29, 0.717) is 0 Å². The molecule has 0 fully saturated rings. The van der Waals surface area contributed by atoms with Gasteiger partial charge in [-0.3, -0.25) is 0 Å². The van der Waals surface area contributed by atoms with Gasteiger partial charge < -0.3 is 4.98 Å². The normalized spacial score (nSPS) is 11.6. The van der Waals surface area contributed by atoms with E-state index in [2.05, 4.69) is 64.6 Å².